The Kier molecular flexibility index (Phi) is 6.15. The van der Waals surface area contributed by atoms with Gasteiger partial charge in [-0.1, -0.05) is 20.8 Å². The molecule has 0 saturated carbocycles. The Morgan fingerprint density at radius 3 is 2.06 bits per heavy atom. The van der Waals surface area contributed by atoms with Crippen LogP contribution >= 0.6 is 0 Å². The molecule has 0 aromatic rings. The molecule has 0 aliphatic carbocycles. The molecule has 2 atom stereocenters. The topological polar surface area (TPSA) is 75.6 Å². The number of carboxylic acid groups (broad SMARTS) is 1. The monoisotopic (exact) mass is 259 g/mol. The van der Waals surface area contributed by atoms with Crippen molar-refractivity contribution in [3.8, 4) is 0 Å². The Morgan fingerprint density at radius 2 is 1.72 bits per heavy atom. The van der Waals surface area contributed by atoms with Gasteiger partial charge in [0.25, 0.3) is 0 Å². The molecular weight excluding hydrogens is 234 g/mol. The molecule has 0 fully saturated rings. The highest BCUT2D eigenvalue weighted by molar-refractivity contribution is 5.69. The summed E-state index contributed by atoms with van der Waals surface area (Å²) < 4.78 is 5.18. The predicted octanol–water partition coefficient (Wildman–Crippen LogP) is 2.65. The van der Waals surface area contributed by atoms with Crippen molar-refractivity contribution in [2.75, 3.05) is 0 Å². The molecule has 0 rings (SSSR count). The van der Waals surface area contributed by atoms with E-state index in [9.17, 15) is 9.59 Å². The van der Waals surface area contributed by atoms with E-state index in [1.807, 2.05) is 20.8 Å². The normalized spacial score (nSPS) is 15.1. The third-order valence-corrected chi connectivity index (χ3v) is 2.51. The molecule has 0 aromatic heterocycles. The van der Waals surface area contributed by atoms with Gasteiger partial charge in [-0.2, -0.15) is 0 Å². The van der Waals surface area contributed by atoms with Crippen molar-refractivity contribution in [3.05, 3.63) is 0 Å². The van der Waals surface area contributed by atoms with Crippen molar-refractivity contribution in [1.82, 2.24) is 5.32 Å². The SMILES string of the molecule is CC(C)[C@H](NC(=O)OC(C)(C)C)[C@H](C)CC(=O)O. The molecule has 0 spiro atoms. The van der Waals surface area contributed by atoms with E-state index in [4.69, 9.17) is 9.84 Å². The van der Waals surface area contributed by atoms with Gasteiger partial charge in [0.2, 0.25) is 0 Å². The standard InChI is InChI=1S/C13H25NO4/c1-8(2)11(9(3)7-10(15)16)14-12(17)18-13(4,5)6/h8-9,11H,7H2,1-6H3,(H,14,17)(H,15,16)/t9-,11+/m1/s1. The van der Waals surface area contributed by atoms with Crippen molar-refractivity contribution in [2.24, 2.45) is 11.8 Å². The molecule has 106 valence electrons. The molecule has 0 bridgehead atoms. The van der Waals surface area contributed by atoms with Crippen LogP contribution in [0.3, 0.4) is 0 Å². The van der Waals surface area contributed by atoms with Crippen molar-refractivity contribution >= 4 is 12.1 Å². The number of carbonyl (C=O) groups excluding carboxylic acids is 1. The summed E-state index contributed by atoms with van der Waals surface area (Å²) in [6.45, 7) is 11.1. The van der Waals surface area contributed by atoms with E-state index in [0.29, 0.717) is 0 Å². The number of aliphatic carboxylic acids is 1. The fourth-order valence-corrected chi connectivity index (χ4v) is 1.81. The Balaban J connectivity index is 4.54. The second-order valence-corrected chi connectivity index (χ2v) is 5.99. The predicted molar refractivity (Wildman–Crippen MR) is 69.4 cm³/mol. The summed E-state index contributed by atoms with van der Waals surface area (Å²) in [6.07, 6.45) is -0.475. The van der Waals surface area contributed by atoms with Gasteiger partial charge in [0.1, 0.15) is 5.60 Å². The fraction of sp³-hybridized carbons (Fsp3) is 0.846. The fourth-order valence-electron chi connectivity index (χ4n) is 1.81. The van der Waals surface area contributed by atoms with E-state index >= 15 is 0 Å². The van der Waals surface area contributed by atoms with Crippen molar-refractivity contribution in [1.29, 1.82) is 0 Å². The summed E-state index contributed by atoms with van der Waals surface area (Å²) in [5, 5.41) is 11.5. The Morgan fingerprint density at radius 1 is 1.22 bits per heavy atom. The molecule has 0 aromatic carbocycles. The van der Waals surface area contributed by atoms with Crippen molar-refractivity contribution < 1.29 is 19.4 Å². The Hall–Kier alpha value is -1.26. The average molecular weight is 259 g/mol. The van der Waals surface area contributed by atoms with Crippen LogP contribution in [-0.4, -0.2) is 28.8 Å². The maximum absolute atomic E-state index is 11.7. The first-order valence-corrected chi connectivity index (χ1v) is 6.24. The zero-order valence-corrected chi connectivity index (χ0v) is 12.1. The maximum atomic E-state index is 11.7. The van der Waals surface area contributed by atoms with Crippen LogP contribution in [0.5, 0.6) is 0 Å². The number of ether oxygens (including phenoxy) is 1. The van der Waals surface area contributed by atoms with Gasteiger partial charge < -0.3 is 15.2 Å². The summed E-state index contributed by atoms with van der Waals surface area (Å²) in [4.78, 5) is 22.4. The van der Waals surface area contributed by atoms with Gasteiger partial charge in [0, 0.05) is 12.5 Å². The molecule has 0 unspecified atom stereocenters. The summed E-state index contributed by atoms with van der Waals surface area (Å²) in [6, 6.07) is -0.212. The second kappa shape index (κ2) is 6.61. The van der Waals surface area contributed by atoms with Crippen LogP contribution in [0.2, 0.25) is 0 Å². The molecule has 0 radical (unpaired) electrons. The molecule has 18 heavy (non-hydrogen) atoms. The lowest BCUT2D eigenvalue weighted by atomic mass is 9.89. The minimum Gasteiger partial charge on any atom is -0.481 e. The molecule has 5 heteroatoms. The number of nitrogens with one attached hydrogen (secondary N) is 1. The summed E-state index contributed by atoms with van der Waals surface area (Å²) in [5.41, 5.74) is -0.554. The van der Waals surface area contributed by atoms with Gasteiger partial charge in [0.05, 0.1) is 0 Å². The first kappa shape index (κ1) is 16.7. The first-order chi connectivity index (χ1) is 8.03. The number of rotatable bonds is 5. The molecular formula is C13H25NO4. The Labute approximate surface area is 109 Å². The summed E-state index contributed by atoms with van der Waals surface area (Å²) in [7, 11) is 0. The highest BCUT2D eigenvalue weighted by Gasteiger charge is 2.26. The van der Waals surface area contributed by atoms with Gasteiger partial charge in [0.15, 0.2) is 0 Å². The molecule has 1 amide bonds. The van der Waals surface area contributed by atoms with Crippen LogP contribution in [0.4, 0.5) is 4.79 Å². The number of hydrogen-bond acceptors (Lipinski definition) is 3. The number of hydrogen-bond donors (Lipinski definition) is 2. The first-order valence-electron chi connectivity index (χ1n) is 6.24. The smallest absolute Gasteiger partial charge is 0.407 e. The molecule has 5 nitrogen and oxygen atoms in total. The molecule has 0 aliphatic rings. The van der Waals surface area contributed by atoms with E-state index in [1.54, 1.807) is 20.8 Å². The van der Waals surface area contributed by atoms with Gasteiger partial charge in [-0.05, 0) is 32.6 Å². The van der Waals surface area contributed by atoms with Crippen LogP contribution < -0.4 is 5.32 Å². The van der Waals surface area contributed by atoms with Crippen LogP contribution in [-0.2, 0) is 9.53 Å². The number of carboxylic acids is 1. The third-order valence-electron chi connectivity index (χ3n) is 2.51. The van der Waals surface area contributed by atoms with E-state index in [1.165, 1.54) is 0 Å². The number of carbonyl (C=O) groups is 2. The van der Waals surface area contributed by atoms with E-state index in [0.717, 1.165) is 0 Å². The molecule has 0 heterocycles. The maximum Gasteiger partial charge on any atom is 0.407 e. The van der Waals surface area contributed by atoms with Gasteiger partial charge in [-0.25, -0.2) is 4.79 Å². The average Bonchev–Trinajstić information content (AvgIpc) is 2.09. The van der Waals surface area contributed by atoms with Crippen LogP contribution in [0.1, 0.15) is 48.0 Å². The van der Waals surface area contributed by atoms with Crippen molar-refractivity contribution in [3.63, 3.8) is 0 Å². The van der Waals surface area contributed by atoms with E-state index in [-0.39, 0.29) is 24.3 Å². The number of alkyl carbamates (subject to hydrolysis) is 1. The highest BCUT2D eigenvalue weighted by atomic mass is 16.6. The van der Waals surface area contributed by atoms with Gasteiger partial charge >= 0.3 is 12.1 Å². The summed E-state index contributed by atoms with van der Waals surface area (Å²) in [5.74, 6) is -0.860. The van der Waals surface area contributed by atoms with Gasteiger partial charge in [-0.3, -0.25) is 4.79 Å². The zero-order valence-electron chi connectivity index (χ0n) is 12.1. The molecule has 0 saturated heterocycles. The van der Waals surface area contributed by atoms with Crippen LogP contribution in [0.15, 0.2) is 0 Å². The minimum atomic E-state index is -0.862. The number of amides is 1. The van der Waals surface area contributed by atoms with E-state index in [2.05, 4.69) is 5.32 Å². The highest BCUT2D eigenvalue weighted by Crippen LogP contribution is 2.17. The largest absolute Gasteiger partial charge is 0.481 e. The van der Waals surface area contributed by atoms with E-state index < -0.39 is 17.7 Å². The van der Waals surface area contributed by atoms with Crippen LogP contribution in [0.25, 0.3) is 0 Å². The molecule has 2 N–H and O–H groups in total. The Bertz CT molecular complexity index is 294. The molecule has 0 aliphatic heterocycles. The quantitative estimate of drug-likeness (QED) is 0.795. The minimum absolute atomic E-state index is 0.0264. The lowest BCUT2D eigenvalue weighted by molar-refractivity contribution is -0.138. The lowest BCUT2D eigenvalue weighted by Crippen LogP contribution is -2.45. The summed E-state index contributed by atoms with van der Waals surface area (Å²) >= 11 is 0. The van der Waals surface area contributed by atoms with Crippen LogP contribution in [0, 0.1) is 11.8 Å². The van der Waals surface area contributed by atoms with Gasteiger partial charge in [-0.15, -0.1) is 0 Å². The van der Waals surface area contributed by atoms with Crippen molar-refractivity contribution in [2.45, 2.75) is 59.6 Å². The second-order valence-electron chi connectivity index (χ2n) is 5.99. The lowest BCUT2D eigenvalue weighted by Gasteiger charge is -2.29. The zero-order chi connectivity index (χ0) is 14.5. The third kappa shape index (κ3) is 7.14.